The number of nitriles is 1. The van der Waals surface area contributed by atoms with Crippen LogP contribution in [0.15, 0.2) is 36.5 Å². The standard InChI is InChI=1S/C17H16N2O5S/c1-25(22,23)8-2-7-24-16-4-3-12(9-14(16)11-18)15-10-13(17(20)21)5-6-19-15/h3-6,9-10H,2,7-8H2,1H3,(H,20,21). The summed E-state index contributed by atoms with van der Waals surface area (Å²) in [6.07, 6.45) is 2.87. The molecule has 0 aliphatic rings. The van der Waals surface area contributed by atoms with Crippen LogP contribution in [-0.4, -0.2) is 43.1 Å². The molecule has 0 saturated heterocycles. The lowest BCUT2D eigenvalue weighted by atomic mass is 10.1. The predicted octanol–water partition coefficient (Wildman–Crippen LogP) is 2.13. The zero-order chi connectivity index (χ0) is 18.4. The number of carboxylic acids is 1. The molecule has 0 aliphatic heterocycles. The highest BCUT2D eigenvalue weighted by Crippen LogP contribution is 2.26. The minimum Gasteiger partial charge on any atom is -0.492 e. The largest absolute Gasteiger partial charge is 0.492 e. The minimum atomic E-state index is -3.05. The summed E-state index contributed by atoms with van der Waals surface area (Å²) < 4.78 is 27.6. The van der Waals surface area contributed by atoms with Crippen molar-refractivity contribution < 1.29 is 23.1 Å². The summed E-state index contributed by atoms with van der Waals surface area (Å²) in [4.78, 5) is 15.2. The molecular weight excluding hydrogens is 344 g/mol. The molecule has 0 amide bonds. The van der Waals surface area contributed by atoms with E-state index in [2.05, 4.69) is 4.98 Å². The third-order valence-electron chi connectivity index (χ3n) is 3.32. The first kappa shape index (κ1) is 18.4. The molecule has 8 heteroatoms. The molecule has 0 spiro atoms. The number of sulfone groups is 1. The molecule has 1 heterocycles. The van der Waals surface area contributed by atoms with E-state index in [1.165, 1.54) is 18.3 Å². The van der Waals surface area contributed by atoms with E-state index in [4.69, 9.17) is 9.84 Å². The van der Waals surface area contributed by atoms with E-state index in [0.717, 1.165) is 6.26 Å². The Hall–Kier alpha value is -2.92. The Morgan fingerprint density at radius 1 is 1.32 bits per heavy atom. The van der Waals surface area contributed by atoms with Crippen molar-refractivity contribution >= 4 is 15.8 Å². The summed E-state index contributed by atoms with van der Waals surface area (Å²) in [5.41, 5.74) is 1.38. The fourth-order valence-electron chi connectivity index (χ4n) is 2.13. The average molecular weight is 360 g/mol. The maximum Gasteiger partial charge on any atom is 0.335 e. The Kier molecular flexibility index (Phi) is 5.72. The van der Waals surface area contributed by atoms with Crippen molar-refractivity contribution in [1.29, 1.82) is 5.26 Å². The molecular formula is C17H16N2O5S. The van der Waals surface area contributed by atoms with Crippen molar-refractivity contribution in [2.45, 2.75) is 6.42 Å². The molecule has 7 nitrogen and oxygen atoms in total. The minimum absolute atomic E-state index is 0.0128. The van der Waals surface area contributed by atoms with Gasteiger partial charge in [-0.15, -0.1) is 0 Å². The van der Waals surface area contributed by atoms with E-state index >= 15 is 0 Å². The first-order valence-corrected chi connectivity index (χ1v) is 9.40. The number of rotatable bonds is 7. The number of hydrogen-bond donors (Lipinski definition) is 1. The number of pyridine rings is 1. The fraction of sp³-hybridized carbons (Fsp3) is 0.235. The first-order valence-electron chi connectivity index (χ1n) is 7.34. The summed E-state index contributed by atoms with van der Waals surface area (Å²) in [7, 11) is -3.05. The van der Waals surface area contributed by atoms with Crippen LogP contribution in [0.3, 0.4) is 0 Å². The second-order valence-corrected chi connectivity index (χ2v) is 7.65. The average Bonchev–Trinajstić information content (AvgIpc) is 2.58. The van der Waals surface area contributed by atoms with Gasteiger partial charge in [0.2, 0.25) is 0 Å². The van der Waals surface area contributed by atoms with Crippen LogP contribution in [0, 0.1) is 11.3 Å². The van der Waals surface area contributed by atoms with Crippen LogP contribution in [0.25, 0.3) is 11.3 Å². The van der Waals surface area contributed by atoms with Crippen molar-refractivity contribution in [3.63, 3.8) is 0 Å². The zero-order valence-corrected chi connectivity index (χ0v) is 14.3. The van der Waals surface area contributed by atoms with Crippen molar-refractivity contribution in [3.8, 4) is 23.1 Å². The Bertz CT molecular complexity index is 932. The van der Waals surface area contributed by atoms with E-state index < -0.39 is 15.8 Å². The molecule has 0 unspecified atom stereocenters. The van der Waals surface area contributed by atoms with Gasteiger partial charge in [-0.1, -0.05) is 0 Å². The number of ether oxygens (including phenoxy) is 1. The molecule has 1 aromatic heterocycles. The number of aromatic nitrogens is 1. The van der Waals surface area contributed by atoms with E-state index in [-0.39, 0.29) is 23.5 Å². The molecule has 2 rings (SSSR count). The lowest BCUT2D eigenvalue weighted by molar-refractivity contribution is 0.0696. The van der Waals surface area contributed by atoms with Crippen molar-refractivity contribution in [1.82, 2.24) is 4.98 Å². The zero-order valence-electron chi connectivity index (χ0n) is 13.5. The lowest BCUT2D eigenvalue weighted by Crippen LogP contribution is -2.08. The first-order chi connectivity index (χ1) is 11.8. The van der Waals surface area contributed by atoms with E-state index in [1.54, 1.807) is 18.2 Å². The maximum absolute atomic E-state index is 11.1. The van der Waals surface area contributed by atoms with Crippen LogP contribution in [0.4, 0.5) is 0 Å². The Morgan fingerprint density at radius 3 is 2.72 bits per heavy atom. The number of benzene rings is 1. The van der Waals surface area contributed by atoms with Crippen molar-refractivity contribution in [3.05, 3.63) is 47.7 Å². The van der Waals surface area contributed by atoms with Crippen molar-refractivity contribution in [2.75, 3.05) is 18.6 Å². The highest BCUT2D eigenvalue weighted by atomic mass is 32.2. The third kappa shape index (κ3) is 5.29. The van der Waals surface area contributed by atoms with Gasteiger partial charge in [0.15, 0.2) is 0 Å². The Morgan fingerprint density at radius 2 is 2.08 bits per heavy atom. The third-order valence-corrected chi connectivity index (χ3v) is 4.35. The van der Waals surface area contributed by atoms with Crippen LogP contribution in [0.2, 0.25) is 0 Å². The molecule has 1 N–H and O–H groups in total. The summed E-state index contributed by atoms with van der Waals surface area (Å²) in [5.74, 6) is -0.706. The molecule has 2 aromatic rings. The predicted molar refractivity (Wildman–Crippen MR) is 91.2 cm³/mol. The van der Waals surface area contributed by atoms with Gasteiger partial charge in [0, 0.05) is 18.0 Å². The highest BCUT2D eigenvalue weighted by molar-refractivity contribution is 7.90. The SMILES string of the molecule is CS(=O)(=O)CCCOc1ccc(-c2cc(C(=O)O)ccn2)cc1C#N. The van der Waals surface area contributed by atoms with Gasteiger partial charge in [-0.3, -0.25) is 4.98 Å². The van der Waals surface area contributed by atoms with E-state index in [0.29, 0.717) is 23.4 Å². The second kappa shape index (κ2) is 7.77. The molecule has 0 atom stereocenters. The van der Waals surface area contributed by atoms with Gasteiger partial charge in [0.05, 0.1) is 29.2 Å². The van der Waals surface area contributed by atoms with Gasteiger partial charge >= 0.3 is 5.97 Å². The number of nitrogens with zero attached hydrogens (tertiary/aromatic N) is 2. The van der Waals surface area contributed by atoms with Gasteiger partial charge in [-0.05, 0) is 36.8 Å². The molecule has 130 valence electrons. The number of hydrogen-bond acceptors (Lipinski definition) is 6. The van der Waals surface area contributed by atoms with Crippen LogP contribution < -0.4 is 4.74 Å². The lowest BCUT2D eigenvalue weighted by Gasteiger charge is -2.09. The van der Waals surface area contributed by atoms with Crippen LogP contribution in [0.1, 0.15) is 22.3 Å². The van der Waals surface area contributed by atoms with Gasteiger partial charge < -0.3 is 9.84 Å². The van der Waals surface area contributed by atoms with E-state index in [9.17, 15) is 18.5 Å². The molecule has 25 heavy (non-hydrogen) atoms. The number of carbonyl (C=O) groups is 1. The van der Waals surface area contributed by atoms with Crippen LogP contribution in [0.5, 0.6) is 5.75 Å². The number of carboxylic acid groups (broad SMARTS) is 1. The Labute approximate surface area is 145 Å². The smallest absolute Gasteiger partial charge is 0.335 e. The topological polar surface area (TPSA) is 117 Å². The molecule has 0 radical (unpaired) electrons. The van der Waals surface area contributed by atoms with Gasteiger partial charge in [0.1, 0.15) is 21.7 Å². The second-order valence-electron chi connectivity index (χ2n) is 5.39. The van der Waals surface area contributed by atoms with Crippen molar-refractivity contribution in [2.24, 2.45) is 0 Å². The molecule has 0 bridgehead atoms. The fourth-order valence-corrected chi connectivity index (χ4v) is 2.77. The molecule has 0 aliphatic carbocycles. The summed E-state index contributed by atoms with van der Waals surface area (Å²) >= 11 is 0. The summed E-state index contributed by atoms with van der Waals surface area (Å²) in [5, 5.41) is 18.3. The quantitative estimate of drug-likeness (QED) is 0.752. The van der Waals surface area contributed by atoms with E-state index in [1.807, 2.05) is 6.07 Å². The number of aromatic carboxylic acids is 1. The van der Waals surface area contributed by atoms with Gasteiger partial charge in [0.25, 0.3) is 0 Å². The monoisotopic (exact) mass is 360 g/mol. The summed E-state index contributed by atoms with van der Waals surface area (Å²) in [6, 6.07) is 9.63. The maximum atomic E-state index is 11.1. The van der Waals surface area contributed by atoms with Gasteiger partial charge in [-0.2, -0.15) is 5.26 Å². The molecule has 1 aromatic carbocycles. The molecule has 0 fully saturated rings. The van der Waals surface area contributed by atoms with Crippen LogP contribution in [-0.2, 0) is 9.84 Å². The Balaban J connectivity index is 2.18. The van der Waals surface area contributed by atoms with Gasteiger partial charge in [-0.25, -0.2) is 13.2 Å². The summed E-state index contributed by atoms with van der Waals surface area (Å²) in [6.45, 7) is 0.174. The highest BCUT2D eigenvalue weighted by Gasteiger charge is 2.10. The normalized spacial score (nSPS) is 10.9. The van der Waals surface area contributed by atoms with Crippen LogP contribution >= 0.6 is 0 Å². The molecule has 0 saturated carbocycles.